The molecule has 2 rings (SSSR count). The molecule has 19 heavy (non-hydrogen) atoms. The Balaban J connectivity index is 2.11. The first-order valence-electron chi connectivity index (χ1n) is 7.22. The van der Waals surface area contributed by atoms with Crippen LogP contribution in [-0.4, -0.2) is 49.7 Å². The van der Waals surface area contributed by atoms with Gasteiger partial charge in [0, 0.05) is 37.9 Å². The molecule has 1 aromatic heterocycles. The topological polar surface area (TPSA) is 31.4 Å². The molecular formula is C15H26N4. The largest absolute Gasteiger partial charge is 0.354 e. The minimum absolute atomic E-state index is 0.646. The van der Waals surface area contributed by atoms with E-state index in [0.717, 1.165) is 37.7 Å². The zero-order valence-corrected chi connectivity index (χ0v) is 12.6. The van der Waals surface area contributed by atoms with Crippen LogP contribution in [0.25, 0.3) is 0 Å². The van der Waals surface area contributed by atoms with Gasteiger partial charge in [-0.2, -0.15) is 0 Å². The molecule has 0 aromatic carbocycles. The number of rotatable bonds is 4. The molecule has 1 aliphatic rings. The van der Waals surface area contributed by atoms with Crippen molar-refractivity contribution >= 4 is 5.82 Å². The molecule has 0 bridgehead atoms. The maximum absolute atomic E-state index is 4.78. The van der Waals surface area contributed by atoms with Crippen LogP contribution in [0.15, 0.2) is 12.1 Å². The Morgan fingerprint density at radius 2 is 2.16 bits per heavy atom. The summed E-state index contributed by atoms with van der Waals surface area (Å²) < 4.78 is 0. The van der Waals surface area contributed by atoms with Crippen LogP contribution >= 0.6 is 0 Å². The molecule has 0 radical (unpaired) electrons. The van der Waals surface area contributed by atoms with Gasteiger partial charge in [0.1, 0.15) is 5.82 Å². The minimum Gasteiger partial charge on any atom is -0.354 e. The predicted octanol–water partition coefficient (Wildman–Crippen LogP) is 1.64. The molecule has 1 aliphatic heterocycles. The van der Waals surface area contributed by atoms with Crippen LogP contribution in [0.3, 0.4) is 0 Å². The second-order valence-corrected chi connectivity index (χ2v) is 5.43. The molecule has 1 saturated heterocycles. The molecule has 4 nitrogen and oxygen atoms in total. The second kappa shape index (κ2) is 6.35. The summed E-state index contributed by atoms with van der Waals surface area (Å²) in [5, 5.41) is 3.19. The van der Waals surface area contributed by atoms with Crippen molar-refractivity contribution in [3.8, 4) is 0 Å². The summed E-state index contributed by atoms with van der Waals surface area (Å²) in [5.41, 5.74) is 2.42. The van der Waals surface area contributed by atoms with Crippen LogP contribution in [0.2, 0.25) is 0 Å². The first-order chi connectivity index (χ1) is 9.15. The van der Waals surface area contributed by atoms with Crippen molar-refractivity contribution in [1.82, 2.24) is 15.2 Å². The van der Waals surface area contributed by atoms with Gasteiger partial charge in [0.2, 0.25) is 0 Å². The molecule has 0 spiro atoms. The molecule has 4 heteroatoms. The van der Waals surface area contributed by atoms with Crippen molar-refractivity contribution in [2.75, 3.05) is 38.6 Å². The molecule has 1 aromatic rings. The third-order valence-corrected chi connectivity index (χ3v) is 4.12. The highest BCUT2D eigenvalue weighted by Gasteiger charge is 2.23. The Morgan fingerprint density at radius 3 is 2.79 bits per heavy atom. The van der Waals surface area contributed by atoms with Gasteiger partial charge < -0.3 is 10.2 Å². The number of hydrogen-bond acceptors (Lipinski definition) is 4. The third kappa shape index (κ3) is 3.25. The van der Waals surface area contributed by atoms with Crippen LogP contribution in [0.5, 0.6) is 0 Å². The highest BCUT2D eigenvalue weighted by atomic mass is 15.3. The number of hydrogen-bond donors (Lipinski definition) is 1. The number of nitrogens with one attached hydrogen (secondary N) is 1. The van der Waals surface area contributed by atoms with E-state index in [1.54, 1.807) is 0 Å². The van der Waals surface area contributed by atoms with E-state index in [0.29, 0.717) is 6.04 Å². The van der Waals surface area contributed by atoms with Crippen molar-refractivity contribution < 1.29 is 0 Å². The van der Waals surface area contributed by atoms with E-state index in [-0.39, 0.29) is 0 Å². The van der Waals surface area contributed by atoms with E-state index >= 15 is 0 Å². The van der Waals surface area contributed by atoms with E-state index in [1.165, 1.54) is 12.0 Å². The molecule has 106 valence electrons. The number of likely N-dealkylation sites (N-methyl/N-ethyl adjacent to an activating group) is 1. The maximum atomic E-state index is 4.78. The van der Waals surface area contributed by atoms with Crippen molar-refractivity contribution in [3.63, 3.8) is 0 Å². The molecule has 0 aliphatic carbocycles. The quantitative estimate of drug-likeness (QED) is 0.894. The summed E-state index contributed by atoms with van der Waals surface area (Å²) >= 11 is 0. The zero-order chi connectivity index (χ0) is 13.8. The van der Waals surface area contributed by atoms with Crippen LogP contribution < -0.4 is 10.2 Å². The fraction of sp³-hybridized carbons (Fsp3) is 0.667. The molecule has 0 amide bonds. The van der Waals surface area contributed by atoms with E-state index in [9.17, 15) is 0 Å². The fourth-order valence-corrected chi connectivity index (χ4v) is 2.72. The van der Waals surface area contributed by atoms with Gasteiger partial charge in [-0.25, -0.2) is 4.98 Å². The summed E-state index contributed by atoms with van der Waals surface area (Å²) in [6, 6.07) is 5.01. The molecule has 1 atom stereocenters. The average Bonchev–Trinajstić information content (AvgIpc) is 2.42. The summed E-state index contributed by atoms with van der Waals surface area (Å²) in [4.78, 5) is 9.65. The monoisotopic (exact) mass is 262 g/mol. The zero-order valence-electron chi connectivity index (χ0n) is 12.6. The number of anilines is 1. The van der Waals surface area contributed by atoms with Crippen molar-refractivity contribution in [3.05, 3.63) is 23.4 Å². The number of pyridine rings is 1. The Hall–Kier alpha value is -1.13. The molecular weight excluding hydrogens is 236 g/mol. The van der Waals surface area contributed by atoms with Gasteiger partial charge in [-0.3, -0.25) is 4.90 Å². The number of aromatic nitrogens is 1. The summed E-state index contributed by atoms with van der Waals surface area (Å²) in [5.74, 6) is 1.13. The average molecular weight is 262 g/mol. The Labute approximate surface area is 116 Å². The highest BCUT2D eigenvalue weighted by Crippen LogP contribution is 2.19. The van der Waals surface area contributed by atoms with E-state index in [4.69, 9.17) is 4.98 Å². The Bertz CT molecular complexity index is 419. The number of nitrogens with zero attached hydrogens (tertiary/aromatic N) is 3. The lowest BCUT2D eigenvalue weighted by Crippen LogP contribution is -2.51. The van der Waals surface area contributed by atoms with Gasteiger partial charge in [-0.1, -0.05) is 13.0 Å². The minimum atomic E-state index is 0.646. The molecule has 1 N–H and O–H groups in total. The lowest BCUT2D eigenvalue weighted by atomic mass is 10.1. The van der Waals surface area contributed by atoms with E-state index in [2.05, 4.69) is 48.1 Å². The first-order valence-corrected chi connectivity index (χ1v) is 7.22. The van der Waals surface area contributed by atoms with Crippen LogP contribution in [0.4, 0.5) is 5.82 Å². The molecule has 1 fully saturated rings. The van der Waals surface area contributed by atoms with Crippen LogP contribution in [0, 0.1) is 6.92 Å². The Morgan fingerprint density at radius 1 is 1.37 bits per heavy atom. The lowest BCUT2D eigenvalue weighted by molar-refractivity contribution is 0.213. The van der Waals surface area contributed by atoms with Crippen molar-refractivity contribution in [2.45, 2.75) is 32.9 Å². The number of piperazine rings is 1. The molecule has 0 saturated carbocycles. The second-order valence-electron chi connectivity index (χ2n) is 5.43. The maximum Gasteiger partial charge on any atom is 0.128 e. The van der Waals surface area contributed by atoms with Crippen molar-refractivity contribution in [1.29, 1.82) is 0 Å². The van der Waals surface area contributed by atoms with Gasteiger partial charge >= 0.3 is 0 Å². The van der Waals surface area contributed by atoms with Crippen LogP contribution in [-0.2, 0) is 6.54 Å². The third-order valence-electron chi connectivity index (χ3n) is 4.12. The van der Waals surface area contributed by atoms with Crippen LogP contribution in [0.1, 0.15) is 24.6 Å². The first kappa shape index (κ1) is 14.3. The highest BCUT2D eigenvalue weighted by molar-refractivity contribution is 5.42. The molecule has 1 unspecified atom stereocenters. The Kier molecular flexibility index (Phi) is 4.77. The van der Waals surface area contributed by atoms with Gasteiger partial charge in [0.25, 0.3) is 0 Å². The normalized spacial score (nSPS) is 20.8. The summed E-state index contributed by atoms with van der Waals surface area (Å²) in [6.45, 7) is 8.54. The van der Waals surface area contributed by atoms with Gasteiger partial charge in [0.05, 0.1) is 0 Å². The summed E-state index contributed by atoms with van der Waals surface area (Å²) in [6.07, 6.45) is 1.20. The summed E-state index contributed by atoms with van der Waals surface area (Å²) in [7, 11) is 4.19. The lowest BCUT2D eigenvalue weighted by Gasteiger charge is -2.39. The van der Waals surface area contributed by atoms with Gasteiger partial charge in [-0.15, -0.1) is 0 Å². The molecule has 2 heterocycles. The van der Waals surface area contributed by atoms with E-state index < -0.39 is 0 Å². The number of aryl methyl sites for hydroxylation is 1. The van der Waals surface area contributed by atoms with Gasteiger partial charge in [0.15, 0.2) is 0 Å². The van der Waals surface area contributed by atoms with Gasteiger partial charge in [-0.05, 0) is 39.1 Å². The van der Waals surface area contributed by atoms with E-state index in [1.807, 2.05) is 7.05 Å². The predicted molar refractivity (Wildman–Crippen MR) is 80.7 cm³/mol. The van der Waals surface area contributed by atoms with Crippen molar-refractivity contribution in [2.24, 2.45) is 0 Å². The SMILES string of the molecule is CCC1CN(c2ccc(CNC)c(C)n2)CCN1C. The smallest absolute Gasteiger partial charge is 0.128 e. The fourth-order valence-electron chi connectivity index (χ4n) is 2.72. The standard InChI is InChI=1S/C15H26N4/c1-5-14-11-19(9-8-18(14)4)15-7-6-13(10-16-3)12(2)17-15/h6-7,14,16H,5,8-11H2,1-4H3.